The van der Waals surface area contributed by atoms with Gasteiger partial charge in [0, 0.05) is 19.3 Å². The Bertz CT molecular complexity index is 985. The largest absolute Gasteiger partial charge is 0.433 e. The molecule has 48 heavy (non-hydrogen) atoms. The van der Waals surface area contributed by atoms with Crippen LogP contribution in [0, 0.1) is 46.3 Å². The lowest BCUT2D eigenvalue weighted by Crippen LogP contribution is -2.53. The second-order valence-corrected chi connectivity index (χ2v) is 18.6. The number of ether oxygens (including phenoxy) is 1. The highest BCUT2D eigenvalue weighted by atomic mass is 16.7. The Labute approximate surface area is 298 Å². The fourth-order valence-electron chi connectivity index (χ4n) is 11.6. The number of rotatable bonds is 22. The van der Waals surface area contributed by atoms with Crippen LogP contribution in [-0.2, 0) is 9.53 Å². The van der Waals surface area contributed by atoms with E-state index in [-0.39, 0.29) is 11.4 Å². The summed E-state index contributed by atoms with van der Waals surface area (Å²) in [5.74, 6) is 3.38. The van der Waals surface area contributed by atoms with E-state index < -0.39 is 5.79 Å². The van der Waals surface area contributed by atoms with Crippen molar-refractivity contribution in [2.75, 3.05) is 0 Å². The molecular weight excluding hydrogens is 588 g/mol. The Morgan fingerprint density at radius 1 is 0.771 bits per heavy atom. The maximum Gasteiger partial charge on any atom is 0.308 e. The molecular formula is C45H80O3. The molecule has 8 atom stereocenters. The predicted octanol–water partition coefficient (Wildman–Crippen LogP) is 13.5. The quantitative estimate of drug-likeness (QED) is 0.0540. The van der Waals surface area contributed by atoms with Gasteiger partial charge in [-0.2, -0.15) is 0 Å². The van der Waals surface area contributed by atoms with Gasteiger partial charge in [-0.1, -0.05) is 162 Å². The summed E-state index contributed by atoms with van der Waals surface area (Å²) in [4.78, 5) is 12.9. The number of aliphatic hydroxyl groups is 1. The average Bonchev–Trinajstić information content (AvgIpc) is 3.40. The Morgan fingerprint density at radius 3 is 1.98 bits per heavy atom. The molecule has 0 aliphatic heterocycles. The van der Waals surface area contributed by atoms with Crippen LogP contribution in [0.1, 0.15) is 215 Å². The van der Waals surface area contributed by atoms with Crippen LogP contribution in [0.5, 0.6) is 0 Å². The van der Waals surface area contributed by atoms with Gasteiger partial charge >= 0.3 is 5.97 Å². The Hall–Kier alpha value is -0.830. The average molecular weight is 669 g/mol. The number of carbonyl (C=O) groups excluding carboxylic acids is 1. The molecule has 0 amide bonds. The zero-order valence-electron chi connectivity index (χ0n) is 32.9. The third kappa shape index (κ3) is 10.6. The van der Waals surface area contributed by atoms with Crippen molar-refractivity contribution in [3.8, 4) is 0 Å². The van der Waals surface area contributed by atoms with Crippen molar-refractivity contribution in [1.29, 1.82) is 0 Å². The van der Waals surface area contributed by atoms with E-state index in [9.17, 15) is 9.90 Å². The lowest BCUT2D eigenvalue weighted by Gasteiger charge is -2.59. The fraction of sp³-hybridized carbons (Fsp3) is 0.933. The van der Waals surface area contributed by atoms with Crippen LogP contribution in [0.25, 0.3) is 0 Å². The van der Waals surface area contributed by atoms with Crippen LogP contribution in [0.4, 0.5) is 0 Å². The van der Waals surface area contributed by atoms with Gasteiger partial charge in [-0.05, 0) is 91.3 Å². The van der Waals surface area contributed by atoms with Crippen molar-refractivity contribution in [1.82, 2.24) is 0 Å². The first kappa shape index (κ1) is 39.9. The molecule has 0 radical (unpaired) electrons. The van der Waals surface area contributed by atoms with E-state index in [1.807, 2.05) is 0 Å². The molecule has 0 aromatic carbocycles. The van der Waals surface area contributed by atoms with Gasteiger partial charge in [-0.15, -0.1) is 0 Å². The van der Waals surface area contributed by atoms with Gasteiger partial charge in [0.15, 0.2) is 0 Å². The van der Waals surface area contributed by atoms with Gasteiger partial charge in [0.25, 0.3) is 0 Å². The second kappa shape index (κ2) is 19.1. The Balaban J connectivity index is 1.14. The number of hydrogen-bond donors (Lipinski definition) is 1. The molecule has 4 aliphatic rings. The number of allylic oxidation sites excluding steroid dienone is 1. The second-order valence-electron chi connectivity index (χ2n) is 18.6. The molecule has 3 nitrogen and oxygen atoms in total. The number of unbranched alkanes of at least 4 members (excludes halogenated alkanes) is 14. The highest BCUT2D eigenvalue weighted by molar-refractivity contribution is 5.69. The summed E-state index contributed by atoms with van der Waals surface area (Å²) in [5, 5.41) is 11.5. The zero-order chi connectivity index (χ0) is 34.6. The van der Waals surface area contributed by atoms with Gasteiger partial charge in [-0.3, -0.25) is 4.79 Å². The van der Waals surface area contributed by atoms with E-state index in [1.165, 1.54) is 134 Å². The molecule has 3 heteroatoms. The van der Waals surface area contributed by atoms with Crippen molar-refractivity contribution >= 4 is 5.97 Å². The Morgan fingerprint density at radius 2 is 1.38 bits per heavy atom. The minimum absolute atomic E-state index is 0.151. The summed E-state index contributed by atoms with van der Waals surface area (Å²) in [6.07, 6.45) is 35.7. The number of fused-ring (bicyclic) bond motifs is 5. The van der Waals surface area contributed by atoms with E-state index in [4.69, 9.17) is 4.74 Å². The van der Waals surface area contributed by atoms with E-state index in [0.717, 1.165) is 55.3 Å². The molecule has 0 heterocycles. The third-order valence-corrected chi connectivity index (χ3v) is 14.6. The van der Waals surface area contributed by atoms with Crippen molar-refractivity contribution in [3.05, 3.63) is 11.6 Å². The lowest BCUT2D eigenvalue weighted by atomic mass is 9.46. The molecule has 0 spiro atoms. The molecule has 0 bridgehead atoms. The van der Waals surface area contributed by atoms with Crippen molar-refractivity contribution < 1.29 is 14.6 Å². The van der Waals surface area contributed by atoms with E-state index in [1.54, 1.807) is 0 Å². The smallest absolute Gasteiger partial charge is 0.308 e. The van der Waals surface area contributed by atoms with Crippen LogP contribution in [-0.4, -0.2) is 16.9 Å². The van der Waals surface area contributed by atoms with E-state index >= 15 is 0 Å². The normalized spacial score (nSPS) is 33.5. The standard InChI is InChI=1S/C45H80O3/c1-7-8-9-10-11-12-13-14-15-16-17-18-19-20-21-25-42(46)48-45(47)33-32-43(5)37(34-45)26-27-38-40-29-28-39(36(4)24-22-23-35(2)3)44(40,6)31-30-41(38)43/h26,35-36,38-41,47H,7-25,27-34H2,1-6H3/t36-,38?,39-,40?,41?,43+,44-,45?/m1/s1. The maximum absolute atomic E-state index is 12.9. The topological polar surface area (TPSA) is 46.5 Å². The molecule has 4 rings (SSSR count). The minimum Gasteiger partial charge on any atom is -0.433 e. The molecule has 278 valence electrons. The van der Waals surface area contributed by atoms with Crippen LogP contribution < -0.4 is 0 Å². The highest BCUT2D eigenvalue weighted by Crippen LogP contribution is 2.67. The molecule has 0 saturated heterocycles. The molecule has 4 unspecified atom stereocenters. The molecule has 1 N–H and O–H groups in total. The summed E-state index contributed by atoms with van der Waals surface area (Å²) in [6.45, 7) is 14.7. The van der Waals surface area contributed by atoms with Crippen molar-refractivity contribution in [2.45, 2.75) is 221 Å². The summed E-state index contributed by atoms with van der Waals surface area (Å²) in [6, 6.07) is 0. The fourth-order valence-corrected chi connectivity index (χ4v) is 11.6. The summed E-state index contributed by atoms with van der Waals surface area (Å²) >= 11 is 0. The monoisotopic (exact) mass is 669 g/mol. The first-order valence-electron chi connectivity index (χ1n) is 21.7. The molecule has 0 aromatic heterocycles. The predicted molar refractivity (Wildman–Crippen MR) is 204 cm³/mol. The number of esters is 1. The first-order chi connectivity index (χ1) is 23.0. The molecule has 3 saturated carbocycles. The van der Waals surface area contributed by atoms with Gasteiger partial charge in [0.2, 0.25) is 5.79 Å². The summed E-state index contributed by atoms with van der Waals surface area (Å²) < 4.78 is 5.88. The molecule has 3 fully saturated rings. The maximum atomic E-state index is 12.9. The van der Waals surface area contributed by atoms with Crippen LogP contribution in [0.2, 0.25) is 0 Å². The van der Waals surface area contributed by atoms with Crippen molar-refractivity contribution in [3.63, 3.8) is 0 Å². The van der Waals surface area contributed by atoms with E-state index in [2.05, 4.69) is 47.6 Å². The van der Waals surface area contributed by atoms with Gasteiger partial charge in [-0.25, -0.2) is 0 Å². The highest BCUT2D eigenvalue weighted by Gasteiger charge is 2.60. The van der Waals surface area contributed by atoms with Crippen LogP contribution in [0.3, 0.4) is 0 Å². The summed E-state index contributed by atoms with van der Waals surface area (Å²) in [7, 11) is 0. The first-order valence-corrected chi connectivity index (χ1v) is 21.7. The third-order valence-electron chi connectivity index (χ3n) is 14.6. The van der Waals surface area contributed by atoms with Gasteiger partial charge in [0.1, 0.15) is 0 Å². The number of carbonyl (C=O) groups is 1. The molecule has 4 aliphatic carbocycles. The van der Waals surface area contributed by atoms with Crippen molar-refractivity contribution in [2.24, 2.45) is 46.3 Å². The van der Waals surface area contributed by atoms with Crippen LogP contribution >= 0.6 is 0 Å². The minimum atomic E-state index is -1.31. The zero-order valence-corrected chi connectivity index (χ0v) is 32.9. The van der Waals surface area contributed by atoms with Gasteiger partial charge in [0.05, 0.1) is 0 Å². The van der Waals surface area contributed by atoms with Gasteiger partial charge < -0.3 is 9.84 Å². The van der Waals surface area contributed by atoms with Crippen LogP contribution in [0.15, 0.2) is 11.6 Å². The number of hydrogen-bond acceptors (Lipinski definition) is 3. The Kier molecular flexibility index (Phi) is 15.9. The lowest BCUT2D eigenvalue weighted by molar-refractivity contribution is -0.223. The summed E-state index contributed by atoms with van der Waals surface area (Å²) in [5.41, 5.74) is 2.04. The SMILES string of the molecule is CCCCCCCCCCCCCCCCCC(=O)OC1(O)CC[C@@]2(C)C(=CCC3C2CC[C@@]2(C)C3CC[C@@H]2[C@H](C)CCCC(C)C)C1. The van der Waals surface area contributed by atoms with E-state index in [0.29, 0.717) is 30.6 Å². The molecule has 0 aromatic rings.